The predicted molar refractivity (Wildman–Crippen MR) is 74.4 cm³/mol. The first kappa shape index (κ1) is 13.3. The first-order valence-electron chi connectivity index (χ1n) is 6.53. The van der Waals surface area contributed by atoms with Crippen LogP contribution in [-0.2, 0) is 13.0 Å². The average Bonchev–Trinajstić information content (AvgIpc) is 2.44. The molecule has 0 bridgehead atoms. The van der Waals surface area contributed by atoms with Gasteiger partial charge in [-0.3, -0.25) is 19.7 Å². The molecule has 0 saturated carbocycles. The monoisotopic (exact) mass is 288 g/mol. The average molecular weight is 288 g/mol. The predicted octanol–water partition coefficient (Wildman–Crippen LogP) is 1.11. The first-order valence-corrected chi connectivity index (χ1v) is 6.53. The van der Waals surface area contributed by atoms with Gasteiger partial charge in [0.25, 0.3) is 12.1 Å². The Hall–Kier alpha value is -2.70. The number of benzene rings is 1. The van der Waals surface area contributed by atoms with Crippen molar-refractivity contribution in [1.82, 2.24) is 4.57 Å². The van der Waals surface area contributed by atoms with Gasteiger partial charge in [-0.1, -0.05) is 12.1 Å². The van der Waals surface area contributed by atoms with Crippen LogP contribution in [0.25, 0.3) is 10.9 Å². The molecule has 0 radical (unpaired) electrons. The lowest BCUT2D eigenvalue weighted by atomic mass is 9.98. The number of aromatic hydroxyl groups is 1. The van der Waals surface area contributed by atoms with Crippen molar-refractivity contribution in [3.63, 3.8) is 0 Å². The fourth-order valence-electron chi connectivity index (χ4n) is 2.86. The highest BCUT2D eigenvalue weighted by atomic mass is 16.6. The number of carbonyl (C=O) groups excluding carboxylic acids is 1. The zero-order valence-corrected chi connectivity index (χ0v) is 11.0. The Morgan fingerprint density at radius 2 is 2.19 bits per heavy atom. The summed E-state index contributed by atoms with van der Waals surface area (Å²) in [6, 6.07) is 5.22. The standard InChI is InChI=1S/C14H12N2O5/c17-10(7-16(20)21)11-13(18)9-5-1-3-8-4-2-6-15(12(8)9)14(11)19/h1,3,5,18H,2,4,6-7H2. The summed E-state index contributed by atoms with van der Waals surface area (Å²) in [4.78, 5) is 34.0. The number of carbonyl (C=O) groups is 1. The molecule has 1 aromatic heterocycles. The Balaban J connectivity index is 2.36. The van der Waals surface area contributed by atoms with Crippen molar-refractivity contribution in [1.29, 1.82) is 0 Å². The number of aromatic nitrogens is 1. The van der Waals surface area contributed by atoms with Gasteiger partial charge in [0.15, 0.2) is 0 Å². The topological polar surface area (TPSA) is 102 Å². The van der Waals surface area contributed by atoms with E-state index in [1.807, 2.05) is 6.07 Å². The van der Waals surface area contributed by atoms with E-state index in [0.717, 1.165) is 18.4 Å². The summed E-state index contributed by atoms with van der Waals surface area (Å²) in [5.74, 6) is -1.43. The van der Waals surface area contributed by atoms with Gasteiger partial charge in [0, 0.05) is 16.9 Å². The number of para-hydroxylation sites is 1. The molecule has 2 aromatic rings. The summed E-state index contributed by atoms with van der Waals surface area (Å²) in [6.45, 7) is -0.570. The molecule has 0 atom stereocenters. The quantitative estimate of drug-likeness (QED) is 0.518. The molecule has 1 N–H and O–H groups in total. The first-order chi connectivity index (χ1) is 10.0. The number of nitrogens with zero attached hydrogens (tertiary/aromatic N) is 2. The van der Waals surface area contributed by atoms with Crippen LogP contribution < -0.4 is 5.56 Å². The van der Waals surface area contributed by atoms with Crippen molar-refractivity contribution >= 4 is 16.7 Å². The Labute approximate surface area is 118 Å². The van der Waals surface area contributed by atoms with Crippen molar-refractivity contribution in [2.75, 3.05) is 6.54 Å². The highest BCUT2D eigenvalue weighted by molar-refractivity contribution is 6.04. The molecule has 0 saturated heterocycles. The highest BCUT2D eigenvalue weighted by Crippen LogP contribution is 2.31. The van der Waals surface area contributed by atoms with Crippen LogP contribution in [-0.4, -0.2) is 26.9 Å². The maximum atomic E-state index is 12.4. The van der Waals surface area contributed by atoms with Gasteiger partial charge in [0.1, 0.15) is 11.3 Å². The van der Waals surface area contributed by atoms with Gasteiger partial charge in [-0.15, -0.1) is 0 Å². The molecular formula is C14H12N2O5. The lowest BCUT2D eigenvalue weighted by Gasteiger charge is -2.20. The number of nitro groups is 1. The van der Waals surface area contributed by atoms with Gasteiger partial charge in [-0.25, -0.2) is 0 Å². The number of rotatable bonds is 3. The van der Waals surface area contributed by atoms with E-state index in [1.54, 1.807) is 12.1 Å². The fraction of sp³-hybridized carbons (Fsp3) is 0.286. The van der Waals surface area contributed by atoms with Crippen LogP contribution in [0.3, 0.4) is 0 Å². The molecule has 2 heterocycles. The number of ketones is 1. The van der Waals surface area contributed by atoms with E-state index in [2.05, 4.69) is 0 Å². The molecule has 1 aliphatic rings. The van der Waals surface area contributed by atoms with Crippen LogP contribution in [0.15, 0.2) is 23.0 Å². The molecule has 0 amide bonds. The second-order valence-electron chi connectivity index (χ2n) is 5.01. The lowest BCUT2D eigenvalue weighted by Crippen LogP contribution is -2.31. The van der Waals surface area contributed by atoms with E-state index in [0.29, 0.717) is 17.4 Å². The van der Waals surface area contributed by atoms with E-state index in [1.165, 1.54) is 4.57 Å². The second kappa shape index (κ2) is 4.69. The number of pyridine rings is 1. The van der Waals surface area contributed by atoms with Crippen molar-refractivity contribution in [2.24, 2.45) is 0 Å². The molecule has 0 aliphatic carbocycles. The van der Waals surface area contributed by atoms with E-state index in [9.17, 15) is 24.8 Å². The van der Waals surface area contributed by atoms with Crippen LogP contribution in [0, 0.1) is 10.1 Å². The molecule has 1 aliphatic heterocycles. The van der Waals surface area contributed by atoms with Crippen molar-refractivity contribution in [2.45, 2.75) is 19.4 Å². The Morgan fingerprint density at radius 3 is 2.90 bits per heavy atom. The normalized spacial score (nSPS) is 13.3. The molecule has 108 valence electrons. The molecule has 7 heteroatoms. The lowest BCUT2D eigenvalue weighted by molar-refractivity contribution is -0.465. The summed E-state index contributed by atoms with van der Waals surface area (Å²) < 4.78 is 1.43. The Morgan fingerprint density at radius 1 is 1.43 bits per heavy atom. The molecule has 0 unspecified atom stereocenters. The van der Waals surface area contributed by atoms with E-state index in [-0.39, 0.29) is 0 Å². The van der Waals surface area contributed by atoms with E-state index in [4.69, 9.17) is 0 Å². The van der Waals surface area contributed by atoms with Gasteiger partial charge in [0.05, 0.1) is 5.52 Å². The van der Waals surface area contributed by atoms with Crippen molar-refractivity contribution < 1.29 is 14.8 Å². The van der Waals surface area contributed by atoms with Gasteiger partial charge in [0.2, 0.25) is 5.78 Å². The van der Waals surface area contributed by atoms with Crippen LogP contribution in [0.2, 0.25) is 0 Å². The van der Waals surface area contributed by atoms with E-state index >= 15 is 0 Å². The number of hydrogen-bond donors (Lipinski definition) is 1. The SMILES string of the molecule is O=C(C[N+](=O)[O-])c1c(O)c2cccc3c2n(c1=O)CCC3. The molecule has 21 heavy (non-hydrogen) atoms. The molecule has 0 fully saturated rings. The summed E-state index contributed by atoms with van der Waals surface area (Å²) >= 11 is 0. The minimum atomic E-state index is -1.01. The summed E-state index contributed by atoms with van der Waals surface area (Å²) in [6.07, 6.45) is 1.54. The van der Waals surface area contributed by atoms with Crippen molar-refractivity contribution in [3.05, 3.63) is 49.8 Å². The largest absolute Gasteiger partial charge is 0.506 e. The smallest absolute Gasteiger partial charge is 0.266 e. The maximum absolute atomic E-state index is 12.4. The van der Waals surface area contributed by atoms with Gasteiger partial charge in [-0.2, -0.15) is 0 Å². The van der Waals surface area contributed by atoms with Gasteiger partial charge < -0.3 is 9.67 Å². The zero-order valence-electron chi connectivity index (χ0n) is 11.0. The third-order valence-electron chi connectivity index (χ3n) is 3.72. The van der Waals surface area contributed by atoms with E-state index < -0.39 is 34.1 Å². The van der Waals surface area contributed by atoms with Crippen molar-refractivity contribution in [3.8, 4) is 5.75 Å². The number of hydrogen-bond acceptors (Lipinski definition) is 5. The maximum Gasteiger partial charge on any atom is 0.266 e. The molecule has 3 rings (SSSR count). The van der Waals surface area contributed by atoms with Crippen LogP contribution in [0.1, 0.15) is 22.3 Å². The second-order valence-corrected chi connectivity index (χ2v) is 5.01. The van der Waals surface area contributed by atoms with Crippen LogP contribution in [0.4, 0.5) is 0 Å². The Kier molecular flexibility index (Phi) is 2.97. The minimum Gasteiger partial charge on any atom is -0.506 e. The minimum absolute atomic E-state index is 0.387. The molecule has 1 aromatic carbocycles. The Bertz CT molecular complexity index is 837. The summed E-state index contributed by atoms with van der Waals surface area (Å²) in [7, 11) is 0. The fourth-order valence-corrected chi connectivity index (χ4v) is 2.86. The summed E-state index contributed by atoms with van der Waals surface area (Å²) in [5.41, 5.74) is 0.403. The molecule has 7 nitrogen and oxygen atoms in total. The van der Waals surface area contributed by atoms with Gasteiger partial charge >= 0.3 is 0 Å². The third-order valence-corrected chi connectivity index (χ3v) is 3.72. The van der Waals surface area contributed by atoms with Gasteiger partial charge in [-0.05, 0) is 24.5 Å². The molecule has 0 spiro atoms. The highest BCUT2D eigenvalue weighted by Gasteiger charge is 2.27. The number of Topliss-reactive ketones (excluding diaryl/α,β-unsaturated/α-hetero) is 1. The van der Waals surface area contributed by atoms with Crippen LogP contribution >= 0.6 is 0 Å². The summed E-state index contributed by atoms with van der Waals surface area (Å²) in [5, 5.41) is 21.1. The molecular weight excluding hydrogens is 276 g/mol. The zero-order chi connectivity index (χ0) is 15.1. The number of aryl methyl sites for hydroxylation is 2. The van der Waals surface area contributed by atoms with Crippen LogP contribution in [0.5, 0.6) is 5.75 Å². The third kappa shape index (κ3) is 1.97.